The Morgan fingerprint density at radius 1 is 1.00 bits per heavy atom. The third-order valence-electron chi connectivity index (χ3n) is 6.10. The molecule has 0 radical (unpaired) electrons. The summed E-state index contributed by atoms with van der Waals surface area (Å²) in [6.45, 7) is 0.558. The number of halogens is 3. The predicted octanol–water partition coefficient (Wildman–Crippen LogP) is 4.39. The maximum absolute atomic E-state index is 13.4. The minimum absolute atomic E-state index is 0.0467. The maximum Gasteiger partial charge on any atom is 0.490 e. The first-order valence-corrected chi connectivity index (χ1v) is 12.5. The van der Waals surface area contributed by atoms with Crippen LogP contribution >= 0.6 is 0 Å². The summed E-state index contributed by atoms with van der Waals surface area (Å²) in [7, 11) is 0. The Hall–Kier alpha value is -5.17. The second-order valence-electron chi connectivity index (χ2n) is 9.21. The molecule has 10 nitrogen and oxygen atoms in total. The van der Waals surface area contributed by atoms with E-state index in [1.54, 1.807) is 12.3 Å². The van der Waals surface area contributed by atoms with Crippen LogP contribution in [0, 0.1) is 0 Å². The van der Waals surface area contributed by atoms with E-state index in [1.807, 2.05) is 66.7 Å². The molecule has 1 atom stereocenters. The van der Waals surface area contributed by atoms with Crippen molar-refractivity contribution in [2.75, 3.05) is 23.0 Å². The number of hydrogen-bond acceptors (Lipinski definition) is 7. The first kappa shape index (κ1) is 29.8. The van der Waals surface area contributed by atoms with Crippen LogP contribution in [0.1, 0.15) is 22.7 Å². The number of carbonyl (C=O) groups is 3. The fourth-order valence-corrected chi connectivity index (χ4v) is 4.07. The second-order valence-corrected chi connectivity index (χ2v) is 9.21. The van der Waals surface area contributed by atoms with Crippen molar-refractivity contribution < 1.29 is 37.4 Å². The smallest absolute Gasteiger partial charge is 0.475 e. The fraction of sp³-hybridized carbons (Fsp3) is 0.172. The highest BCUT2D eigenvalue weighted by molar-refractivity contribution is 5.94. The van der Waals surface area contributed by atoms with Crippen LogP contribution < -0.4 is 21.7 Å². The van der Waals surface area contributed by atoms with Crippen molar-refractivity contribution in [2.45, 2.75) is 25.4 Å². The lowest BCUT2D eigenvalue weighted by molar-refractivity contribution is -0.192. The Balaban J connectivity index is 0.000000517. The molecule has 3 heterocycles. The summed E-state index contributed by atoms with van der Waals surface area (Å²) < 4.78 is 37.3. The largest absolute Gasteiger partial charge is 0.490 e. The van der Waals surface area contributed by atoms with Gasteiger partial charge in [-0.2, -0.15) is 13.2 Å². The summed E-state index contributed by atoms with van der Waals surface area (Å²) in [5, 5.41) is 18.1. The molecule has 0 spiro atoms. The van der Waals surface area contributed by atoms with E-state index in [1.165, 1.54) is 0 Å². The van der Waals surface area contributed by atoms with Gasteiger partial charge in [-0.1, -0.05) is 36.4 Å². The van der Waals surface area contributed by atoms with Crippen LogP contribution in [0.5, 0.6) is 0 Å². The third kappa shape index (κ3) is 7.95. The number of fused-ring (bicyclic) bond motifs is 10. The van der Waals surface area contributed by atoms with Crippen LogP contribution in [0.25, 0.3) is 10.8 Å². The summed E-state index contributed by atoms with van der Waals surface area (Å²) >= 11 is 0. The summed E-state index contributed by atoms with van der Waals surface area (Å²) in [4.78, 5) is 38.6. The number of pyridine rings is 1. The van der Waals surface area contributed by atoms with E-state index in [2.05, 4.69) is 20.9 Å². The minimum atomic E-state index is -5.08. The number of carboxylic acid groups (broad SMARTS) is 1. The Bertz CT molecular complexity index is 1600. The zero-order valence-electron chi connectivity index (χ0n) is 21.9. The molecule has 0 aliphatic carbocycles. The lowest BCUT2D eigenvalue weighted by atomic mass is 10.0. The van der Waals surface area contributed by atoms with Crippen LogP contribution in [0.3, 0.4) is 0 Å². The molecule has 6 N–H and O–H groups in total. The Morgan fingerprint density at radius 2 is 1.74 bits per heavy atom. The van der Waals surface area contributed by atoms with Crippen LogP contribution in [-0.4, -0.2) is 40.7 Å². The van der Waals surface area contributed by atoms with E-state index >= 15 is 0 Å². The quantitative estimate of drug-likeness (QED) is 0.234. The number of nitrogens with one attached hydrogen (secondary N) is 3. The zero-order valence-corrected chi connectivity index (χ0v) is 21.9. The van der Waals surface area contributed by atoms with Crippen LogP contribution in [0.15, 0.2) is 79.0 Å². The van der Waals surface area contributed by atoms with Crippen LogP contribution in [-0.2, 0) is 32.3 Å². The summed E-state index contributed by atoms with van der Waals surface area (Å²) in [6, 6.07) is 22.0. The Morgan fingerprint density at radius 3 is 2.45 bits per heavy atom. The summed E-state index contributed by atoms with van der Waals surface area (Å²) in [5.74, 6) is -2.70. The topological polar surface area (TPSA) is 156 Å². The average Bonchev–Trinajstić information content (AvgIpc) is 2.95. The van der Waals surface area contributed by atoms with E-state index in [9.17, 15) is 22.8 Å². The highest BCUT2D eigenvalue weighted by atomic mass is 19.4. The van der Waals surface area contributed by atoms with Crippen molar-refractivity contribution in [3.05, 3.63) is 95.7 Å². The lowest BCUT2D eigenvalue weighted by Crippen LogP contribution is -2.33. The Labute approximate surface area is 237 Å². The van der Waals surface area contributed by atoms with Gasteiger partial charge in [0.2, 0.25) is 11.8 Å². The van der Waals surface area contributed by atoms with Crippen molar-refractivity contribution in [1.82, 2.24) is 10.3 Å². The maximum atomic E-state index is 13.4. The molecular formula is C29H26F3N5O5. The monoisotopic (exact) mass is 581 g/mol. The molecule has 13 heteroatoms. The van der Waals surface area contributed by atoms with E-state index < -0.39 is 18.2 Å². The highest BCUT2D eigenvalue weighted by Crippen LogP contribution is 2.26. The number of alkyl halides is 3. The number of amides is 2. The third-order valence-corrected chi connectivity index (χ3v) is 6.10. The van der Waals surface area contributed by atoms with Crippen molar-refractivity contribution in [1.29, 1.82) is 0 Å². The highest BCUT2D eigenvalue weighted by Gasteiger charge is 2.38. The van der Waals surface area contributed by atoms with Gasteiger partial charge in [-0.25, -0.2) is 9.78 Å². The molecule has 3 aromatic carbocycles. The number of carbonyl (C=O) groups excluding carboxylic acids is 2. The van der Waals surface area contributed by atoms with Gasteiger partial charge in [0.05, 0.1) is 6.61 Å². The standard InChI is InChI=1S/C27H25N5O3.C2HF3O2/c28-26-23-9-8-22(13-20(23)10-11-29-26)32-25-19-6-4-17(5-7-19)15-35-16-24(33)31-21-3-1-2-18(12-21)14-30-27(25)34;3-2(4,5)1(6)7/h1-13,25,32H,14-16H2,(H2,28,29)(H,30,34)(H,31,33);(H,6,7). The number of hydrogen-bond donors (Lipinski definition) is 5. The minimum Gasteiger partial charge on any atom is -0.475 e. The van der Waals surface area contributed by atoms with Crippen molar-refractivity contribution in [3.8, 4) is 0 Å². The number of ether oxygens (including phenoxy) is 1. The van der Waals surface area contributed by atoms with Gasteiger partial charge in [-0.15, -0.1) is 0 Å². The van der Waals surface area contributed by atoms with Gasteiger partial charge in [-0.3, -0.25) is 9.59 Å². The summed E-state index contributed by atoms with van der Waals surface area (Å²) in [6.07, 6.45) is -3.42. The lowest BCUT2D eigenvalue weighted by Gasteiger charge is -2.21. The van der Waals surface area contributed by atoms with E-state index in [0.717, 1.165) is 33.2 Å². The first-order valence-electron chi connectivity index (χ1n) is 12.5. The number of nitrogens with two attached hydrogens (primary N) is 1. The number of aliphatic carboxylic acids is 1. The van der Waals surface area contributed by atoms with Crippen molar-refractivity contribution >= 4 is 45.7 Å². The normalized spacial score (nSPS) is 15.6. The van der Waals surface area contributed by atoms with Gasteiger partial charge in [-0.05, 0) is 58.5 Å². The van der Waals surface area contributed by atoms with Gasteiger partial charge in [0.15, 0.2) is 0 Å². The fourth-order valence-electron chi connectivity index (χ4n) is 4.07. The number of anilines is 3. The van der Waals surface area contributed by atoms with Crippen LogP contribution in [0.2, 0.25) is 0 Å². The van der Waals surface area contributed by atoms with E-state index in [-0.39, 0.29) is 25.0 Å². The molecule has 6 rings (SSSR count). The predicted molar refractivity (Wildman–Crippen MR) is 149 cm³/mol. The molecule has 0 fully saturated rings. The number of carboxylic acids is 1. The molecule has 2 amide bonds. The number of nitrogens with zero attached hydrogens (tertiary/aromatic N) is 1. The molecule has 4 bridgehead atoms. The van der Waals surface area contributed by atoms with Gasteiger partial charge in [0.1, 0.15) is 18.5 Å². The van der Waals surface area contributed by atoms with Crippen LogP contribution in [0.4, 0.5) is 30.4 Å². The summed E-state index contributed by atoms with van der Waals surface area (Å²) in [5.41, 5.74) is 10.0. The van der Waals surface area contributed by atoms with Crippen molar-refractivity contribution in [2.24, 2.45) is 0 Å². The second kappa shape index (κ2) is 13.0. The van der Waals surface area contributed by atoms with Gasteiger partial charge >= 0.3 is 12.1 Å². The number of rotatable bonds is 2. The molecule has 1 aromatic heterocycles. The van der Waals surface area contributed by atoms with E-state index in [4.69, 9.17) is 20.4 Å². The number of aromatic nitrogens is 1. The number of nitrogen functional groups attached to an aromatic ring is 1. The first-order chi connectivity index (χ1) is 20.0. The molecule has 2 aliphatic rings. The SMILES string of the molecule is Nc1nccc2cc(NC3C(=O)NCc4cccc(c4)NC(=O)COCc4ccc3cc4)ccc12.O=C(O)C(F)(F)F. The van der Waals surface area contributed by atoms with Crippen molar-refractivity contribution in [3.63, 3.8) is 0 Å². The molecule has 0 saturated carbocycles. The molecular weight excluding hydrogens is 555 g/mol. The molecule has 2 aliphatic heterocycles. The average molecular weight is 582 g/mol. The molecule has 1 unspecified atom stereocenters. The van der Waals surface area contributed by atoms with Gasteiger partial charge in [0, 0.05) is 29.5 Å². The van der Waals surface area contributed by atoms with E-state index in [0.29, 0.717) is 18.1 Å². The number of benzene rings is 3. The molecule has 42 heavy (non-hydrogen) atoms. The van der Waals surface area contributed by atoms with Gasteiger partial charge < -0.3 is 31.5 Å². The Kier molecular flexibility index (Phi) is 9.22. The zero-order chi connectivity index (χ0) is 30.3. The molecule has 218 valence electrons. The van der Waals surface area contributed by atoms with Gasteiger partial charge in [0.25, 0.3) is 0 Å². The molecule has 4 aromatic rings. The molecule has 0 saturated heterocycles.